The summed E-state index contributed by atoms with van der Waals surface area (Å²) >= 11 is 0. The number of halogens is 1. The van der Waals surface area contributed by atoms with E-state index in [9.17, 15) is 22.4 Å². The van der Waals surface area contributed by atoms with E-state index in [0.717, 1.165) is 9.87 Å². The molecule has 0 aliphatic rings. The van der Waals surface area contributed by atoms with Gasteiger partial charge in [0.25, 0.3) is 10.0 Å². The smallest absolute Gasteiger partial charge is 0.264 e. The Labute approximate surface area is 256 Å². The van der Waals surface area contributed by atoms with Crippen LogP contribution in [0.3, 0.4) is 0 Å². The Morgan fingerprint density at radius 1 is 0.841 bits per heavy atom. The number of ether oxygens (including phenoxy) is 2. The quantitative estimate of drug-likeness (QED) is 0.238. The molecule has 11 heteroatoms. The number of rotatable bonds is 13. The first-order valence-electron chi connectivity index (χ1n) is 13.8. The Balaban J connectivity index is 1.82. The summed E-state index contributed by atoms with van der Waals surface area (Å²) < 4.78 is 54.8. The molecule has 230 valence electrons. The molecular weight excluding hydrogens is 585 g/mol. The highest BCUT2D eigenvalue weighted by Gasteiger charge is 2.35. The molecule has 0 spiro atoms. The third-order valence-electron chi connectivity index (χ3n) is 7.10. The highest BCUT2D eigenvalue weighted by molar-refractivity contribution is 7.92. The fraction of sp³-hybridized carbons (Fsp3) is 0.212. The molecule has 0 aromatic heterocycles. The van der Waals surface area contributed by atoms with Gasteiger partial charge in [0.2, 0.25) is 11.8 Å². The molecule has 0 saturated heterocycles. The number of carbonyl (C=O) groups excluding carboxylic acids is 2. The second-order valence-corrected chi connectivity index (χ2v) is 11.7. The van der Waals surface area contributed by atoms with E-state index in [1.54, 1.807) is 24.3 Å². The fourth-order valence-electron chi connectivity index (χ4n) is 4.75. The average molecular weight is 620 g/mol. The number of hydrogen-bond donors (Lipinski definition) is 1. The zero-order chi connectivity index (χ0) is 31.7. The molecule has 9 nitrogen and oxygen atoms in total. The number of hydrogen-bond acceptors (Lipinski definition) is 6. The number of para-hydroxylation sites is 2. The molecule has 0 unspecified atom stereocenters. The standard InChI is InChI=1S/C33H34FN3O6S/c1-35-33(39)30(21-24-11-5-4-6-12-24)36(22-25-13-7-8-14-28(25)34)32(38)23-37(29-15-9-10-16-31(29)43-3)44(40,41)27-19-17-26(42-2)18-20-27/h4-20,30H,21-23H2,1-3H3,(H,35,39)/t30-/m1/s1. The summed E-state index contributed by atoms with van der Waals surface area (Å²) in [6.07, 6.45) is 0.112. The van der Waals surface area contributed by atoms with Crippen molar-refractivity contribution in [2.24, 2.45) is 0 Å². The minimum atomic E-state index is -4.36. The lowest BCUT2D eigenvalue weighted by Crippen LogP contribution is -2.53. The van der Waals surface area contributed by atoms with Crippen LogP contribution in [0.1, 0.15) is 11.1 Å². The molecule has 1 atom stereocenters. The molecule has 4 aromatic carbocycles. The van der Waals surface area contributed by atoms with Crippen LogP contribution in [0.15, 0.2) is 108 Å². The topological polar surface area (TPSA) is 105 Å². The van der Waals surface area contributed by atoms with Gasteiger partial charge in [-0.1, -0.05) is 60.7 Å². The molecule has 0 aliphatic heterocycles. The number of sulfonamides is 1. The van der Waals surface area contributed by atoms with Gasteiger partial charge in [-0.2, -0.15) is 0 Å². The number of benzene rings is 4. The van der Waals surface area contributed by atoms with Gasteiger partial charge in [-0.25, -0.2) is 12.8 Å². The first kappa shape index (κ1) is 32.0. The van der Waals surface area contributed by atoms with Crippen LogP contribution >= 0.6 is 0 Å². The normalized spacial score (nSPS) is 11.7. The van der Waals surface area contributed by atoms with Gasteiger partial charge in [0.1, 0.15) is 29.9 Å². The first-order chi connectivity index (χ1) is 21.2. The van der Waals surface area contributed by atoms with Crippen molar-refractivity contribution in [3.8, 4) is 11.5 Å². The van der Waals surface area contributed by atoms with E-state index in [1.165, 1.54) is 74.7 Å². The number of carbonyl (C=O) groups is 2. The van der Waals surface area contributed by atoms with Crippen LogP contribution < -0.4 is 19.1 Å². The van der Waals surface area contributed by atoms with Crippen LogP contribution in [0, 0.1) is 5.82 Å². The van der Waals surface area contributed by atoms with Crippen molar-refractivity contribution in [3.63, 3.8) is 0 Å². The van der Waals surface area contributed by atoms with Gasteiger partial charge in [0.05, 0.1) is 24.8 Å². The van der Waals surface area contributed by atoms with E-state index in [-0.39, 0.29) is 34.9 Å². The van der Waals surface area contributed by atoms with Crippen molar-refractivity contribution >= 4 is 27.5 Å². The summed E-state index contributed by atoms with van der Waals surface area (Å²) in [4.78, 5) is 28.8. The van der Waals surface area contributed by atoms with Crippen molar-refractivity contribution in [2.75, 3.05) is 32.1 Å². The predicted molar refractivity (Wildman–Crippen MR) is 165 cm³/mol. The molecule has 0 saturated carbocycles. The lowest BCUT2D eigenvalue weighted by Gasteiger charge is -2.34. The van der Waals surface area contributed by atoms with E-state index in [2.05, 4.69) is 5.32 Å². The third kappa shape index (κ3) is 7.35. The largest absolute Gasteiger partial charge is 0.497 e. The molecule has 0 bridgehead atoms. The summed E-state index contributed by atoms with van der Waals surface area (Å²) in [7, 11) is -0.0525. The summed E-state index contributed by atoms with van der Waals surface area (Å²) in [6, 6.07) is 26.1. The van der Waals surface area contributed by atoms with Crippen molar-refractivity contribution < 1.29 is 31.9 Å². The molecule has 2 amide bonds. The van der Waals surface area contributed by atoms with Gasteiger partial charge < -0.3 is 19.7 Å². The van der Waals surface area contributed by atoms with E-state index in [1.807, 2.05) is 30.3 Å². The number of nitrogens with one attached hydrogen (secondary N) is 1. The van der Waals surface area contributed by atoms with Gasteiger partial charge in [-0.3, -0.25) is 13.9 Å². The van der Waals surface area contributed by atoms with Crippen molar-refractivity contribution in [1.82, 2.24) is 10.2 Å². The number of nitrogens with zero attached hydrogens (tertiary/aromatic N) is 2. The fourth-order valence-corrected chi connectivity index (χ4v) is 6.18. The Bertz CT molecular complexity index is 1680. The average Bonchev–Trinajstić information content (AvgIpc) is 3.05. The first-order valence-corrected chi connectivity index (χ1v) is 15.2. The Morgan fingerprint density at radius 2 is 1.48 bits per heavy atom. The van der Waals surface area contributed by atoms with Gasteiger partial charge in [0, 0.05) is 25.6 Å². The van der Waals surface area contributed by atoms with E-state index < -0.39 is 40.2 Å². The lowest BCUT2D eigenvalue weighted by atomic mass is 10.0. The predicted octanol–water partition coefficient (Wildman–Crippen LogP) is 4.42. The van der Waals surface area contributed by atoms with Crippen molar-refractivity contribution in [1.29, 1.82) is 0 Å². The number of methoxy groups -OCH3 is 2. The molecule has 1 N–H and O–H groups in total. The maximum absolute atomic E-state index is 14.9. The minimum absolute atomic E-state index is 0.0928. The zero-order valence-corrected chi connectivity index (χ0v) is 25.5. The summed E-state index contributed by atoms with van der Waals surface area (Å²) in [5, 5.41) is 2.60. The van der Waals surface area contributed by atoms with Crippen molar-refractivity contribution in [3.05, 3.63) is 120 Å². The van der Waals surface area contributed by atoms with Crippen LogP contribution in [-0.2, 0) is 32.6 Å². The highest BCUT2D eigenvalue weighted by atomic mass is 32.2. The van der Waals surface area contributed by atoms with Crippen LogP contribution in [-0.4, -0.2) is 59.0 Å². The molecule has 44 heavy (non-hydrogen) atoms. The monoisotopic (exact) mass is 619 g/mol. The van der Waals surface area contributed by atoms with Gasteiger partial charge in [-0.05, 0) is 48.0 Å². The lowest BCUT2D eigenvalue weighted by molar-refractivity contribution is -0.139. The van der Waals surface area contributed by atoms with Gasteiger partial charge >= 0.3 is 0 Å². The zero-order valence-electron chi connectivity index (χ0n) is 24.6. The van der Waals surface area contributed by atoms with Gasteiger partial charge in [-0.15, -0.1) is 0 Å². The maximum atomic E-state index is 14.9. The Kier molecular flexibility index (Phi) is 10.6. The van der Waals surface area contributed by atoms with Crippen molar-refractivity contribution in [2.45, 2.75) is 23.9 Å². The molecule has 0 radical (unpaired) electrons. The summed E-state index contributed by atoms with van der Waals surface area (Å²) in [6.45, 7) is -0.982. The summed E-state index contributed by atoms with van der Waals surface area (Å²) in [5.74, 6) is -1.10. The van der Waals surface area contributed by atoms with Crippen LogP contribution in [0.5, 0.6) is 11.5 Å². The number of anilines is 1. The number of amides is 2. The SMILES string of the molecule is CNC(=O)[C@@H](Cc1ccccc1)N(Cc1ccccc1F)C(=O)CN(c1ccccc1OC)S(=O)(=O)c1ccc(OC)cc1. The van der Waals surface area contributed by atoms with E-state index in [4.69, 9.17) is 9.47 Å². The van der Waals surface area contributed by atoms with E-state index in [0.29, 0.717) is 5.75 Å². The van der Waals surface area contributed by atoms with Crippen LogP contribution in [0.4, 0.5) is 10.1 Å². The van der Waals surface area contributed by atoms with Crippen LogP contribution in [0.25, 0.3) is 0 Å². The van der Waals surface area contributed by atoms with E-state index >= 15 is 0 Å². The molecule has 0 aliphatic carbocycles. The number of likely N-dealkylation sites (N-methyl/N-ethyl adjacent to an activating group) is 1. The second kappa shape index (κ2) is 14.5. The molecule has 4 aromatic rings. The minimum Gasteiger partial charge on any atom is -0.497 e. The van der Waals surface area contributed by atoms with Crippen LogP contribution in [0.2, 0.25) is 0 Å². The molecule has 0 fully saturated rings. The van der Waals surface area contributed by atoms with Gasteiger partial charge in [0.15, 0.2) is 0 Å². The summed E-state index contributed by atoms with van der Waals surface area (Å²) in [5.41, 5.74) is 1.05. The Morgan fingerprint density at radius 3 is 2.11 bits per heavy atom. The third-order valence-corrected chi connectivity index (χ3v) is 8.87. The molecule has 4 rings (SSSR count). The molecule has 0 heterocycles. The second-order valence-electron chi connectivity index (χ2n) is 9.79. The Hall–Kier alpha value is -4.90. The highest BCUT2D eigenvalue weighted by Crippen LogP contribution is 2.33. The maximum Gasteiger partial charge on any atom is 0.264 e. The molecular formula is C33H34FN3O6S.